The molecule has 1 aromatic carbocycles. The van der Waals surface area contributed by atoms with Crippen molar-refractivity contribution in [3.63, 3.8) is 0 Å². The van der Waals surface area contributed by atoms with Gasteiger partial charge in [-0.2, -0.15) is 0 Å². The lowest BCUT2D eigenvalue weighted by Gasteiger charge is -2.45. The topological polar surface area (TPSA) is 49.9 Å². The molecule has 0 N–H and O–H groups in total. The van der Waals surface area contributed by atoms with Crippen molar-refractivity contribution >= 4 is 23.4 Å². The molecule has 3 heterocycles. The van der Waals surface area contributed by atoms with Crippen molar-refractivity contribution in [1.82, 2.24) is 9.80 Å². The van der Waals surface area contributed by atoms with E-state index in [0.29, 0.717) is 43.2 Å². The first kappa shape index (κ1) is 18.3. The minimum atomic E-state index is -0.389. The lowest BCUT2D eigenvalue weighted by molar-refractivity contribution is -0.140. The maximum absolute atomic E-state index is 13.1. The van der Waals surface area contributed by atoms with Gasteiger partial charge in [-0.3, -0.25) is 4.79 Å². The van der Waals surface area contributed by atoms with Crippen LogP contribution in [0.5, 0.6) is 0 Å². The zero-order chi connectivity index (χ0) is 19.0. The molecule has 3 aliphatic rings. The smallest absolute Gasteiger partial charge is 0.320 e. The number of likely N-dealkylation sites (tertiary alicyclic amines) is 2. The maximum Gasteiger partial charge on any atom is 0.320 e. The zero-order valence-electron chi connectivity index (χ0n) is 14.8. The second-order valence-electron chi connectivity index (χ2n) is 7.37. The van der Waals surface area contributed by atoms with Crippen LogP contribution in [-0.4, -0.2) is 60.5 Å². The number of carbonyl (C=O) groups is 2. The SMILES string of the molecule is O=C1CO[C@H]2CCN(C(=O)N3CC(C#Cc4ccc(F)cc4Cl)C3)C[C@H]2C1. The average molecular weight is 391 g/mol. The standard InChI is InChI=1S/C20H20ClFN2O3/c21-18-8-16(22)4-3-14(18)2-1-13-9-24(10-13)20(26)23-6-5-19-15(11-23)7-17(25)12-27-19/h3-4,8,13,15,19H,5-7,9-12H2/t15-,19+/m1/s1. The van der Waals surface area contributed by atoms with Crippen molar-refractivity contribution in [2.24, 2.45) is 11.8 Å². The van der Waals surface area contributed by atoms with E-state index in [1.807, 2.05) is 4.90 Å². The summed E-state index contributed by atoms with van der Waals surface area (Å²) in [7, 11) is 0. The third kappa shape index (κ3) is 3.95. The van der Waals surface area contributed by atoms with Crippen LogP contribution in [0.1, 0.15) is 18.4 Å². The molecular formula is C20H20ClFN2O3. The van der Waals surface area contributed by atoms with Gasteiger partial charge in [-0.25, -0.2) is 9.18 Å². The van der Waals surface area contributed by atoms with Gasteiger partial charge in [0, 0.05) is 44.1 Å². The molecule has 0 spiro atoms. The largest absolute Gasteiger partial charge is 0.370 e. The molecule has 142 valence electrons. The molecule has 0 radical (unpaired) electrons. The summed E-state index contributed by atoms with van der Waals surface area (Å²) in [4.78, 5) is 27.8. The Bertz CT molecular complexity index is 828. The fourth-order valence-electron chi connectivity index (χ4n) is 3.85. The first-order valence-corrected chi connectivity index (χ1v) is 9.51. The van der Waals surface area contributed by atoms with Crippen LogP contribution in [0.4, 0.5) is 9.18 Å². The highest BCUT2D eigenvalue weighted by Gasteiger charge is 2.39. The molecule has 0 unspecified atom stereocenters. The molecule has 3 fully saturated rings. The van der Waals surface area contributed by atoms with Gasteiger partial charge in [0.25, 0.3) is 0 Å². The molecule has 27 heavy (non-hydrogen) atoms. The van der Waals surface area contributed by atoms with Gasteiger partial charge in [0.2, 0.25) is 0 Å². The summed E-state index contributed by atoms with van der Waals surface area (Å²) in [5.74, 6) is 6.00. The van der Waals surface area contributed by atoms with E-state index in [1.54, 1.807) is 11.0 Å². The summed E-state index contributed by atoms with van der Waals surface area (Å²) in [6.45, 7) is 2.59. The number of benzene rings is 1. The van der Waals surface area contributed by atoms with E-state index < -0.39 is 0 Å². The third-order valence-corrected chi connectivity index (χ3v) is 5.69. The number of carbonyl (C=O) groups excluding carboxylic acids is 2. The Labute approximate surface area is 162 Å². The molecular weight excluding hydrogens is 371 g/mol. The van der Waals surface area contributed by atoms with Crippen molar-refractivity contribution in [2.75, 3.05) is 32.8 Å². The van der Waals surface area contributed by atoms with E-state index in [1.165, 1.54) is 12.1 Å². The Balaban J connectivity index is 1.30. The number of ketones is 1. The quantitative estimate of drug-likeness (QED) is 0.640. The molecule has 3 saturated heterocycles. The maximum atomic E-state index is 13.1. The van der Waals surface area contributed by atoms with Gasteiger partial charge in [-0.15, -0.1) is 0 Å². The van der Waals surface area contributed by atoms with Gasteiger partial charge < -0.3 is 14.5 Å². The van der Waals surface area contributed by atoms with Gasteiger partial charge in [0.05, 0.1) is 17.0 Å². The molecule has 0 saturated carbocycles. The van der Waals surface area contributed by atoms with E-state index in [4.69, 9.17) is 16.3 Å². The van der Waals surface area contributed by atoms with Crippen LogP contribution >= 0.6 is 11.6 Å². The minimum absolute atomic E-state index is 0.00402. The number of ether oxygens (including phenoxy) is 1. The number of halogens is 2. The molecule has 1 aromatic rings. The number of nitrogens with zero attached hydrogens (tertiary/aromatic N) is 2. The van der Waals surface area contributed by atoms with Crippen molar-refractivity contribution in [1.29, 1.82) is 0 Å². The predicted octanol–water partition coefficient (Wildman–Crippen LogP) is 2.56. The highest BCUT2D eigenvalue weighted by atomic mass is 35.5. The number of amides is 2. The van der Waals surface area contributed by atoms with Crippen LogP contribution in [0.2, 0.25) is 5.02 Å². The molecule has 7 heteroatoms. The van der Waals surface area contributed by atoms with Gasteiger partial charge in [-0.1, -0.05) is 23.4 Å². The fraction of sp³-hybridized carbons (Fsp3) is 0.500. The van der Waals surface area contributed by atoms with Crippen molar-refractivity contribution in [3.05, 3.63) is 34.6 Å². The van der Waals surface area contributed by atoms with Crippen LogP contribution in [0.25, 0.3) is 0 Å². The van der Waals surface area contributed by atoms with Gasteiger partial charge in [0.1, 0.15) is 12.4 Å². The second kappa shape index (κ2) is 7.49. The van der Waals surface area contributed by atoms with Crippen LogP contribution in [0.15, 0.2) is 18.2 Å². The van der Waals surface area contributed by atoms with E-state index in [9.17, 15) is 14.0 Å². The molecule has 0 aliphatic carbocycles. The molecule has 2 atom stereocenters. The normalized spacial score (nSPS) is 25.3. The van der Waals surface area contributed by atoms with Gasteiger partial charge in [-0.05, 0) is 24.6 Å². The molecule has 0 aromatic heterocycles. The van der Waals surface area contributed by atoms with Crippen LogP contribution < -0.4 is 0 Å². The van der Waals surface area contributed by atoms with Crippen molar-refractivity contribution < 1.29 is 18.7 Å². The molecule has 3 aliphatic heterocycles. The Morgan fingerprint density at radius 2 is 2.07 bits per heavy atom. The molecule has 2 amide bonds. The Hall–Kier alpha value is -2.10. The van der Waals surface area contributed by atoms with E-state index in [0.717, 1.165) is 6.42 Å². The summed E-state index contributed by atoms with van der Waals surface area (Å²) in [6, 6.07) is 4.13. The zero-order valence-corrected chi connectivity index (χ0v) is 15.5. The number of piperidine rings is 1. The Morgan fingerprint density at radius 1 is 1.26 bits per heavy atom. The average Bonchev–Trinajstić information content (AvgIpc) is 2.61. The predicted molar refractivity (Wildman–Crippen MR) is 97.8 cm³/mol. The summed E-state index contributed by atoms with van der Waals surface area (Å²) in [5.41, 5.74) is 0.590. The van der Waals surface area contributed by atoms with Gasteiger partial charge in [0.15, 0.2) is 5.78 Å². The van der Waals surface area contributed by atoms with Crippen LogP contribution in [-0.2, 0) is 9.53 Å². The summed E-state index contributed by atoms with van der Waals surface area (Å²) in [6.07, 6.45) is 1.38. The number of Topliss-reactive ketones (excluding diaryl/α,β-unsaturated/α-hetero) is 1. The van der Waals surface area contributed by atoms with E-state index in [-0.39, 0.29) is 42.2 Å². The Kier molecular flexibility index (Phi) is 5.07. The first-order valence-electron chi connectivity index (χ1n) is 9.13. The number of hydrogen-bond acceptors (Lipinski definition) is 3. The number of fused-ring (bicyclic) bond motifs is 1. The lowest BCUT2D eigenvalue weighted by atomic mass is 9.88. The monoisotopic (exact) mass is 390 g/mol. The Morgan fingerprint density at radius 3 is 2.85 bits per heavy atom. The lowest BCUT2D eigenvalue weighted by Crippen LogP contribution is -2.58. The highest BCUT2D eigenvalue weighted by Crippen LogP contribution is 2.28. The first-order chi connectivity index (χ1) is 13.0. The third-order valence-electron chi connectivity index (χ3n) is 5.38. The van der Waals surface area contributed by atoms with E-state index in [2.05, 4.69) is 11.8 Å². The van der Waals surface area contributed by atoms with E-state index >= 15 is 0 Å². The number of urea groups is 1. The minimum Gasteiger partial charge on any atom is -0.370 e. The number of hydrogen-bond donors (Lipinski definition) is 0. The molecule has 4 rings (SSSR count). The van der Waals surface area contributed by atoms with Gasteiger partial charge >= 0.3 is 6.03 Å². The second-order valence-corrected chi connectivity index (χ2v) is 7.77. The fourth-order valence-corrected chi connectivity index (χ4v) is 4.06. The van der Waals surface area contributed by atoms with Crippen molar-refractivity contribution in [2.45, 2.75) is 18.9 Å². The molecule has 5 nitrogen and oxygen atoms in total. The number of rotatable bonds is 0. The molecule has 0 bridgehead atoms. The summed E-state index contributed by atoms with van der Waals surface area (Å²) < 4.78 is 18.6. The van der Waals surface area contributed by atoms with Crippen molar-refractivity contribution in [3.8, 4) is 11.8 Å². The highest BCUT2D eigenvalue weighted by molar-refractivity contribution is 6.31. The summed E-state index contributed by atoms with van der Waals surface area (Å²) >= 11 is 5.97. The van der Waals surface area contributed by atoms with Crippen LogP contribution in [0.3, 0.4) is 0 Å². The summed E-state index contributed by atoms with van der Waals surface area (Å²) in [5, 5.41) is 0.293. The van der Waals surface area contributed by atoms with Crippen LogP contribution in [0, 0.1) is 29.5 Å².